The molecule has 2 atom stereocenters. The lowest BCUT2D eigenvalue weighted by atomic mass is 9.96. The first-order valence-corrected chi connectivity index (χ1v) is 8.69. The minimum absolute atomic E-state index is 0.315. The maximum atomic E-state index is 11.8. The van der Waals surface area contributed by atoms with Gasteiger partial charge < -0.3 is 14.6 Å². The van der Waals surface area contributed by atoms with Crippen molar-refractivity contribution < 1.29 is 19.4 Å². The zero-order valence-electron chi connectivity index (χ0n) is 15.3. The number of ether oxygens (including phenoxy) is 2. The largest absolute Gasteiger partial charge is 0.493 e. The third kappa shape index (κ3) is 3.24. The summed E-state index contributed by atoms with van der Waals surface area (Å²) in [4.78, 5) is 18.4. The number of benzene rings is 1. The molecule has 6 nitrogen and oxygen atoms in total. The zero-order chi connectivity index (χ0) is 18.7. The van der Waals surface area contributed by atoms with E-state index in [1.54, 1.807) is 20.4 Å². The second-order valence-electron chi connectivity index (χ2n) is 6.42. The average Bonchev–Trinajstić information content (AvgIpc) is 3.13. The van der Waals surface area contributed by atoms with E-state index in [9.17, 15) is 9.90 Å². The van der Waals surface area contributed by atoms with Crippen LogP contribution in [0.15, 0.2) is 36.5 Å². The standard InChI is InChI=1S/C20H24N2O4/c1-13-7-5-11-21-17(13)18(22-12-6-9-15(22)20(23)24)14-8-4-10-16(25-2)19(14)26-3/h4-5,7-8,10-11,15,18H,6,9,12H2,1-3H3,(H,23,24). The van der Waals surface area contributed by atoms with Crippen molar-refractivity contribution in [3.8, 4) is 11.5 Å². The van der Waals surface area contributed by atoms with E-state index in [1.165, 1.54) is 0 Å². The molecule has 2 aromatic rings. The Morgan fingerprint density at radius 3 is 2.73 bits per heavy atom. The molecule has 1 aromatic heterocycles. The summed E-state index contributed by atoms with van der Waals surface area (Å²) >= 11 is 0. The first-order chi connectivity index (χ1) is 12.6. The SMILES string of the molecule is COc1cccc(C(c2ncccc2C)N2CCCC2C(=O)O)c1OC. The van der Waals surface area contributed by atoms with E-state index in [2.05, 4.69) is 4.98 Å². The number of hydrogen-bond acceptors (Lipinski definition) is 5. The lowest BCUT2D eigenvalue weighted by molar-refractivity contribution is -0.142. The fourth-order valence-electron chi connectivity index (χ4n) is 3.76. The fraction of sp³-hybridized carbons (Fsp3) is 0.400. The summed E-state index contributed by atoms with van der Waals surface area (Å²) in [6.45, 7) is 2.69. The van der Waals surface area contributed by atoms with Gasteiger partial charge in [-0.1, -0.05) is 18.2 Å². The minimum atomic E-state index is -0.803. The topological polar surface area (TPSA) is 71.9 Å². The van der Waals surface area contributed by atoms with E-state index in [4.69, 9.17) is 9.47 Å². The molecular formula is C20H24N2O4. The third-order valence-corrected chi connectivity index (χ3v) is 4.95. The lowest BCUT2D eigenvalue weighted by Crippen LogP contribution is -2.40. The van der Waals surface area contributed by atoms with Gasteiger partial charge in [0.25, 0.3) is 0 Å². The summed E-state index contributed by atoms with van der Waals surface area (Å²) in [5.74, 6) is 0.429. The molecule has 0 saturated carbocycles. The molecule has 2 heterocycles. The molecule has 0 radical (unpaired) electrons. The van der Waals surface area contributed by atoms with E-state index in [1.807, 2.05) is 42.2 Å². The van der Waals surface area contributed by atoms with Gasteiger partial charge in [0.1, 0.15) is 6.04 Å². The number of para-hydroxylation sites is 1. The minimum Gasteiger partial charge on any atom is -0.493 e. The van der Waals surface area contributed by atoms with Gasteiger partial charge in [0, 0.05) is 18.3 Å². The van der Waals surface area contributed by atoms with E-state index in [-0.39, 0.29) is 6.04 Å². The number of aliphatic carboxylic acids is 1. The van der Waals surface area contributed by atoms with Crippen LogP contribution in [-0.2, 0) is 4.79 Å². The van der Waals surface area contributed by atoms with E-state index in [0.717, 1.165) is 23.2 Å². The fourth-order valence-corrected chi connectivity index (χ4v) is 3.76. The van der Waals surface area contributed by atoms with Crippen molar-refractivity contribution in [2.45, 2.75) is 31.8 Å². The van der Waals surface area contributed by atoms with Crippen LogP contribution in [0.3, 0.4) is 0 Å². The number of carboxylic acids is 1. The number of likely N-dealkylation sites (tertiary alicyclic amines) is 1. The van der Waals surface area contributed by atoms with Crippen LogP contribution in [0, 0.1) is 6.92 Å². The molecular weight excluding hydrogens is 332 g/mol. The Hall–Kier alpha value is -2.60. The smallest absolute Gasteiger partial charge is 0.320 e. The van der Waals surface area contributed by atoms with E-state index in [0.29, 0.717) is 24.5 Å². The molecule has 1 fully saturated rings. The van der Waals surface area contributed by atoms with Crippen molar-refractivity contribution in [2.75, 3.05) is 20.8 Å². The summed E-state index contributed by atoms with van der Waals surface area (Å²) in [6, 6.07) is 8.71. The summed E-state index contributed by atoms with van der Waals surface area (Å²) in [6.07, 6.45) is 3.21. The van der Waals surface area contributed by atoms with Crippen LogP contribution in [0.4, 0.5) is 0 Å². The van der Waals surface area contributed by atoms with Gasteiger partial charge in [0.2, 0.25) is 0 Å². The van der Waals surface area contributed by atoms with Crippen LogP contribution in [-0.4, -0.2) is 47.8 Å². The summed E-state index contributed by atoms with van der Waals surface area (Å²) < 4.78 is 11.1. The Kier molecular flexibility index (Phi) is 5.42. The molecule has 0 bridgehead atoms. The number of nitrogens with zero attached hydrogens (tertiary/aromatic N) is 2. The number of aromatic nitrogens is 1. The van der Waals surface area contributed by atoms with Crippen molar-refractivity contribution in [1.82, 2.24) is 9.88 Å². The maximum Gasteiger partial charge on any atom is 0.320 e. The number of hydrogen-bond donors (Lipinski definition) is 1. The molecule has 1 saturated heterocycles. The van der Waals surface area contributed by atoms with Gasteiger partial charge in [0.05, 0.1) is 26.0 Å². The van der Waals surface area contributed by atoms with E-state index < -0.39 is 12.0 Å². The maximum absolute atomic E-state index is 11.8. The first-order valence-electron chi connectivity index (χ1n) is 8.69. The van der Waals surface area contributed by atoms with Gasteiger partial charge in [-0.15, -0.1) is 0 Å². The first kappa shape index (κ1) is 18.2. The van der Waals surface area contributed by atoms with Gasteiger partial charge in [0.15, 0.2) is 11.5 Å². The second-order valence-corrected chi connectivity index (χ2v) is 6.42. The Morgan fingerprint density at radius 1 is 1.27 bits per heavy atom. The van der Waals surface area contributed by atoms with Crippen molar-refractivity contribution >= 4 is 5.97 Å². The summed E-state index contributed by atoms with van der Waals surface area (Å²) in [5.41, 5.74) is 2.72. The monoisotopic (exact) mass is 356 g/mol. The Labute approximate surface area is 153 Å². The molecule has 1 aliphatic heterocycles. The molecule has 0 aliphatic carbocycles. The Balaban J connectivity index is 2.20. The van der Waals surface area contributed by atoms with Crippen molar-refractivity contribution in [1.29, 1.82) is 0 Å². The quantitative estimate of drug-likeness (QED) is 0.858. The molecule has 2 unspecified atom stereocenters. The molecule has 1 N–H and O–H groups in total. The predicted octanol–water partition coefficient (Wildman–Crippen LogP) is 3.05. The number of carboxylic acid groups (broad SMARTS) is 1. The molecule has 1 aromatic carbocycles. The molecule has 26 heavy (non-hydrogen) atoms. The Bertz CT molecular complexity index is 793. The van der Waals surface area contributed by atoms with Crippen LogP contribution in [0.25, 0.3) is 0 Å². The van der Waals surface area contributed by atoms with Gasteiger partial charge >= 0.3 is 5.97 Å². The molecule has 3 rings (SSSR count). The zero-order valence-corrected chi connectivity index (χ0v) is 15.3. The van der Waals surface area contributed by atoms with Crippen molar-refractivity contribution in [3.05, 3.63) is 53.3 Å². The Morgan fingerprint density at radius 2 is 2.08 bits per heavy atom. The highest BCUT2D eigenvalue weighted by molar-refractivity contribution is 5.74. The van der Waals surface area contributed by atoms with Gasteiger partial charge in [-0.05, 0) is 37.5 Å². The van der Waals surface area contributed by atoms with Crippen LogP contribution in [0.5, 0.6) is 11.5 Å². The number of methoxy groups -OCH3 is 2. The molecule has 6 heteroatoms. The van der Waals surface area contributed by atoms with Crippen molar-refractivity contribution in [2.24, 2.45) is 0 Å². The molecule has 0 spiro atoms. The van der Waals surface area contributed by atoms with Crippen LogP contribution in [0.2, 0.25) is 0 Å². The summed E-state index contributed by atoms with van der Waals surface area (Å²) in [5, 5.41) is 9.70. The third-order valence-electron chi connectivity index (χ3n) is 4.95. The van der Waals surface area contributed by atoms with Crippen LogP contribution in [0.1, 0.15) is 35.7 Å². The van der Waals surface area contributed by atoms with E-state index >= 15 is 0 Å². The van der Waals surface area contributed by atoms with Crippen molar-refractivity contribution in [3.63, 3.8) is 0 Å². The normalized spacial score (nSPS) is 18.5. The van der Waals surface area contributed by atoms with Crippen LogP contribution < -0.4 is 9.47 Å². The highest BCUT2D eigenvalue weighted by atomic mass is 16.5. The highest BCUT2D eigenvalue weighted by Crippen LogP contribution is 2.42. The van der Waals surface area contributed by atoms with Crippen LogP contribution >= 0.6 is 0 Å². The average molecular weight is 356 g/mol. The molecule has 1 aliphatic rings. The van der Waals surface area contributed by atoms with Gasteiger partial charge in [-0.3, -0.25) is 14.7 Å². The van der Waals surface area contributed by atoms with Gasteiger partial charge in [-0.2, -0.15) is 0 Å². The van der Waals surface area contributed by atoms with Gasteiger partial charge in [-0.25, -0.2) is 0 Å². The number of rotatable bonds is 6. The summed E-state index contributed by atoms with van der Waals surface area (Å²) in [7, 11) is 3.20. The second kappa shape index (κ2) is 7.74. The highest BCUT2D eigenvalue weighted by Gasteiger charge is 2.39. The number of carbonyl (C=O) groups is 1. The predicted molar refractivity (Wildman–Crippen MR) is 97.7 cm³/mol. The number of aryl methyl sites for hydroxylation is 1. The lowest BCUT2D eigenvalue weighted by Gasteiger charge is -2.33. The molecule has 138 valence electrons. The number of pyridine rings is 1. The molecule has 0 amide bonds.